The van der Waals surface area contributed by atoms with Gasteiger partial charge in [-0.1, -0.05) is 12.1 Å². The summed E-state index contributed by atoms with van der Waals surface area (Å²) in [5, 5.41) is 4.28. The highest BCUT2D eigenvalue weighted by Crippen LogP contribution is 2.28. The summed E-state index contributed by atoms with van der Waals surface area (Å²) in [6, 6.07) is 9.72. The van der Waals surface area contributed by atoms with E-state index in [1.165, 1.54) is 0 Å². The number of anilines is 1. The van der Waals surface area contributed by atoms with Gasteiger partial charge in [-0.2, -0.15) is 0 Å². The van der Waals surface area contributed by atoms with Crippen molar-refractivity contribution < 1.29 is 4.74 Å². The molecule has 0 aliphatic carbocycles. The second-order valence-corrected chi connectivity index (χ2v) is 5.72. The molecule has 7 heteroatoms. The first-order valence-electron chi connectivity index (χ1n) is 7.96. The number of ether oxygens (including phenoxy) is 1. The first-order chi connectivity index (χ1) is 12.3. The molecule has 3 aromatic heterocycles. The highest BCUT2D eigenvalue weighted by molar-refractivity contribution is 5.96. The minimum absolute atomic E-state index is 0.387. The number of pyridine rings is 1. The van der Waals surface area contributed by atoms with Crippen LogP contribution in [0.1, 0.15) is 11.3 Å². The Balaban J connectivity index is 1.65. The fraction of sp³-hybridized carbons (Fsp3) is 0.167. The summed E-state index contributed by atoms with van der Waals surface area (Å²) < 4.78 is 7.19. The second kappa shape index (κ2) is 6.37. The van der Waals surface area contributed by atoms with Crippen LogP contribution < -0.4 is 15.8 Å². The monoisotopic (exact) mass is 334 g/mol. The van der Waals surface area contributed by atoms with Crippen molar-refractivity contribution in [2.45, 2.75) is 13.1 Å². The highest BCUT2D eigenvalue weighted by Gasteiger charge is 2.12. The lowest BCUT2D eigenvalue weighted by atomic mass is 10.2. The van der Waals surface area contributed by atoms with Gasteiger partial charge in [-0.15, -0.1) is 0 Å². The van der Waals surface area contributed by atoms with E-state index in [1.807, 2.05) is 47.1 Å². The molecule has 0 radical (unpaired) electrons. The summed E-state index contributed by atoms with van der Waals surface area (Å²) in [5.74, 6) is 1.07. The lowest BCUT2D eigenvalue weighted by Crippen LogP contribution is -2.12. The van der Waals surface area contributed by atoms with Gasteiger partial charge in [0, 0.05) is 37.1 Å². The molecule has 0 atom stereocenters. The number of aromatic nitrogens is 4. The molecule has 25 heavy (non-hydrogen) atoms. The maximum absolute atomic E-state index is 6.11. The molecule has 4 rings (SSSR count). The topological polar surface area (TPSA) is 90.4 Å². The van der Waals surface area contributed by atoms with E-state index in [1.54, 1.807) is 13.3 Å². The van der Waals surface area contributed by atoms with Crippen LogP contribution in [0.3, 0.4) is 0 Å². The number of methoxy groups -OCH3 is 1. The molecular formula is C18H18N6O. The van der Waals surface area contributed by atoms with Crippen LogP contribution in [0.4, 0.5) is 5.95 Å². The Morgan fingerprint density at radius 3 is 2.88 bits per heavy atom. The van der Waals surface area contributed by atoms with Crippen molar-refractivity contribution >= 4 is 22.5 Å². The largest absolute Gasteiger partial charge is 0.494 e. The van der Waals surface area contributed by atoms with E-state index in [4.69, 9.17) is 15.5 Å². The van der Waals surface area contributed by atoms with Crippen molar-refractivity contribution in [2.75, 3.05) is 12.8 Å². The van der Waals surface area contributed by atoms with Gasteiger partial charge in [-0.3, -0.25) is 9.38 Å². The number of para-hydroxylation sites is 1. The predicted molar refractivity (Wildman–Crippen MR) is 96.2 cm³/mol. The predicted octanol–water partition coefficient (Wildman–Crippen LogP) is 2.16. The molecule has 0 bridgehead atoms. The number of hydrogen-bond acceptors (Lipinski definition) is 6. The first kappa shape index (κ1) is 15.3. The van der Waals surface area contributed by atoms with E-state index in [0.717, 1.165) is 34.4 Å². The molecule has 0 fully saturated rings. The molecule has 0 unspecified atom stereocenters. The van der Waals surface area contributed by atoms with E-state index < -0.39 is 0 Å². The number of nitrogens with two attached hydrogens (primary N) is 1. The smallest absolute Gasteiger partial charge is 0.206 e. The van der Waals surface area contributed by atoms with Gasteiger partial charge in [0.15, 0.2) is 0 Å². The van der Waals surface area contributed by atoms with E-state index in [9.17, 15) is 0 Å². The Morgan fingerprint density at radius 2 is 2.08 bits per heavy atom. The third-order valence-electron chi connectivity index (χ3n) is 4.05. The molecule has 126 valence electrons. The summed E-state index contributed by atoms with van der Waals surface area (Å²) in [4.78, 5) is 13.3. The zero-order valence-electron chi connectivity index (χ0n) is 13.8. The molecule has 0 spiro atoms. The second-order valence-electron chi connectivity index (χ2n) is 5.72. The third-order valence-corrected chi connectivity index (χ3v) is 4.05. The number of rotatable bonds is 5. The Hall–Kier alpha value is -3.19. The van der Waals surface area contributed by atoms with Gasteiger partial charge in [0.1, 0.15) is 16.9 Å². The maximum Gasteiger partial charge on any atom is 0.206 e. The van der Waals surface area contributed by atoms with Gasteiger partial charge in [-0.25, -0.2) is 9.97 Å². The zero-order chi connectivity index (χ0) is 17.2. The minimum atomic E-state index is 0.387. The number of hydrogen-bond donors (Lipinski definition) is 2. The van der Waals surface area contributed by atoms with Crippen LogP contribution in [-0.2, 0) is 13.1 Å². The van der Waals surface area contributed by atoms with Gasteiger partial charge in [-0.05, 0) is 23.8 Å². The maximum atomic E-state index is 6.11. The summed E-state index contributed by atoms with van der Waals surface area (Å²) in [6.07, 6.45) is 5.52. The molecule has 0 aliphatic heterocycles. The number of fused-ring (bicyclic) bond motifs is 3. The van der Waals surface area contributed by atoms with E-state index >= 15 is 0 Å². The Kier molecular flexibility index (Phi) is 3.91. The third kappa shape index (κ3) is 2.85. The van der Waals surface area contributed by atoms with Crippen LogP contribution in [0.25, 0.3) is 16.6 Å². The van der Waals surface area contributed by atoms with Gasteiger partial charge in [0.2, 0.25) is 5.95 Å². The summed E-state index contributed by atoms with van der Waals surface area (Å²) in [5.41, 5.74) is 9.63. The van der Waals surface area contributed by atoms with Crippen LogP contribution in [0.15, 0.2) is 48.9 Å². The molecule has 7 nitrogen and oxygen atoms in total. The summed E-state index contributed by atoms with van der Waals surface area (Å²) in [7, 11) is 1.62. The molecule has 0 saturated heterocycles. The van der Waals surface area contributed by atoms with Crippen molar-refractivity contribution in [1.82, 2.24) is 24.7 Å². The molecule has 3 heterocycles. The zero-order valence-corrected chi connectivity index (χ0v) is 13.8. The standard InChI is InChI=1S/C18H18N6O/c1-25-15-6-2-5-14-16(15)23-18(19)24-11-13(22-17(14)24)10-21-9-12-4-3-7-20-8-12/h2-8,11,21H,9-10H2,1H3,(H2,19,23). The highest BCUT2D eigenvalue weighted by atomic mass is 16.5. The van der Waals surface area contributed by atoms with Crippen molar-refractivity contribution in [3.8, 4) is 5.75 Å². The van der Waals surface area contributed by atoms with Gasteiger partial charge >= 0.3 is 0 Å². The van der Waals surface area contributed by atoms with Crippen molar-refractivity contribution in [1.29, 1.82) is 0 Å². The molecule has 0 saturated carbocycles. The SMILES string of the molecule is COc1cccc2c1nc(N)n1cc(CNCc3cccnc3)nc21. The minimum Gasteiger partial charge on any atom is -0.494 e. The number of nitrogens with zero attached hydrogens (tertiary/aromatic N) is 4. The van der Waals surface area contributed by atoms with Crippen LogP contribution >= 0.6 is 0 Å². The number of imidazole rings is 1. The van der Waals surface area contributed by atoms with Gasteiger partial charge in [0.05, 0.1) is 12.8 Å². The number of benzene rings is 1. The van der Waals surface area contributed by atoms with Crippen LogP contribution in [-0.4, -0.2) is 26.5 Å². The number of nitrogen functional groups attached to an aromatic ring is 1. The fourth-order valence-electron chi connectivity index (χ4n) is 2.87. The summed E-state index contributed by atoms with van der Waals surface area (Å²) >= 11 is 0. The molecule has 0 aliphatic rings. The van der Waals surface area contributed by atoms with Crippen LogP contribution in [0, 0.1) is 0 Å². The average molecular weight is 334 g/mol. The van der Waals surface area contributed by atoms with E-state index in [-0.39, 0.29) is 0 Å². The Morgan fingerprint density at radius 1 is 1.16 bits per heavy atom. The Labute approximate surface area is 144 Å². The molecular weight excluding hydrogens is 316 g/mol. The fourth-order valence-corrected chi connectivity index (χ4v) is 2.87. The normalized spacial score (nSPS) is 11.2. The molecule has 0 amide bonds. The van der Waals surface area contributed by atoms with Gasteiger partial charge in [0.25, 0.3) is 0 Å². The lowest BCUT2D eigenvalue weighted by Gasteiger charge is -2.07. The van der Waals surface area contributed by atoms with Crippen molar-refractivity contribution in [3.05, 3.63) is 60.2 Å². The lowest BCUT2D eigenvalue weighted by molar-refractivity contribution is 0.419. The molecule has 1 aromatic carbocycles. The Bertz CT molecular complexity index is 1030. The van der Waals surface area contributed by atoms with Crippen molar-refractivity contribution in [3.63, 3.8) is 0 Å². The van der Waals surface area contributed by atoms with E-state index in [2.05, 4.69) is 15.3 Å². The summed E-state index contributed by atoms with van der Waals surface area (Å²) in [6.45, 7) is 1.35. The van der Waals surface area contributed by atoms with Gasteiger partial charge < -0.3 is 15.8 Å². The van der Waals surface area contributed by atoms with Crippen molar-refractivity contribution in [2.24, 2.45) is 0 Å². The number of nitrogens with one attached hydrogen (secondary N) is 1. The average Bonchev–Trinajstić information content (AvgIpc) is 3.07. The molecule has 3 N–H and O–H groups in total. The van der Waals surface area contributed by atoms with E-state index in [0.29, 0.717) is 18.2 Å². The quantitative estimate of drug-likeness (QED) is 0.581. The van der Waals surface area contributed by atoms with Crippen LogP contribution in [0.2, 0.25) is 0 Å². The first-order valence-corrected chi connectivity index (χ1v) is 7.96. The van der Waals surface area contributed by atoms with Crippen LogP contribution in [0.5, 0.6) is 5.75 Å². The molecule has 4 aromatic rings.